The Bertz CT molecular complexity index is 455. The van der Waals surface area contributed by atoms with Crippen LogP contribution < -0.4 is 4.48 Å². The molecule has 0 fully saturated rings. The quantitative estimate of drug-likeness (QED) is 0.239. The third-order valence-corrected chi connectivity index (χ3v) is 5.60. The predicted molar refractivity (Wildman–Crippen MR) is 117 cm³/mol. The van der Waals surface area contributed by atoms with Gasteiger partial charge in [0.15, 0.2) is 0 Å². The lowest BCUT2D eigenvalue weighted by Gasteiger charge is -2.29. The third-order valence-electron chi connectivity index (χ3n) is 5.60. The van der Waals surface area contributed by atoms with E-state index in [1.807, 2.05) is 12.1 Å². The highest BCUT2D eigenvalue weighted by atomic mass is 16.3. The van der Waals surface area contributed by atoms with Crippen molar-refractivity contribution in [2.45, 2.75) is 96.8 Å². The van der Waals surface area contributed by atoms with E-state index in [0.29, 0.717) is 5.75 Å². The Morgan fingerprint density at radius 2 is 1.15 bits per heavy atom. The largest absolute Gasteiger partial charge is 0.508 e. The molecule has 0 amide bonds. The molecular weight excluding hydrogens is 318 g/mol. The van der Waals surface area contributed by atoms with E-state index in [9.17, 15) is 5.11 Å². The minimum absolute atomic E-state index is 0.370. The maximum Gasteiger partial charge on any atom is 0.136 e. The Labute approximate surface area is 163 Å². The minimum atomic E-state index is 0.370. The summed E-state index contributed by atoms with van der Waals surface area (Å²) in [5.74, 6) is 0.370. The van der Waals surface area contributed by atoms with Gasteiger partial charge in [0.1, 0.15) is 11.4 Å². The number of hydrogen-bond acceptors (Lipinski definition) is 1. The van der Waals surface area contributed by atoms with Gasteiger partial charge in [0.05, 0.1) is 20.6 Å². The van der Waals surface area contributed by atoms with E-state index in [1.54, 1.807) is 6.07 Å². The number of quaternary nitrogens is 1. The number of benzene rings is 1. The molecule has 150 valence electrons. The van der Waals surface area contributed by atoms with Crippen molar-refractivity contribution in [1.29, 1.82) is 0 Å². The van der Waals surface area contributed by atoms with Gasteiger partial charge in [0, 0.05) is 6.07 Å². The van der Waals surface area contributed by atoms with E-state index in [4.69, 9.17) is 0 Å². The second-order valence-electron chi connectivity index (χ2n) is 8.52. The van der Waals surface area contributed by atoms with Gasteiger partial charge in [0.25, 0.3) is 0 Å². The molecule has 0 heterocycles. The lowest BCUT2D eigenvalue weighted by Crippen LogP contribution is -2.41. The molecule has 0 bridgehead atoms. The Balaban J connectivity index is 1.93. The fraction of sp³-hybridized carbons (Fsp3) is 0.750. The summed E-state index contributed by atoms with van der Waals surface area (Å²) in [4.78, 5) is 0. The van der Waals surface area contributed by atoms with Crippen LogP contribution in [0.4, 0.5) is 5.69 Å². The van der Waals surface area contributed by atoms with E-state index in [0.717, 1.165) is 11.0 Å². The molecule has 0 saturated heterocycles. The number of unbranched alkanes of at least 4 members (excludes halogenated alkanes) is 13. The normalized spacial score (nSPS) is 11.8. The van der Waals surface area contributed by atoms with Crippen LogP contribution in [0.2, 0.25) is 0 Å². The van der Waals surface area contributed by atoms with Crippen LogP contribution in [0.25, 0.3) is 0 Å². The number of aromatic hydroxyl groups is 1. The third kappa shape index (κ3) is 10.9. The zero-order chi connectivity index (χ0) is 19.1. The molecular formula is C24H44NO+. The van der Waals surface area contributed by atoms with Gasteiger partial charge in [-0.1, -0.05) is 90.0 Å². The first-order chi connectivity index (χ1) is 12.6. The minimum Gasteiger partial charge on any atom is -0.508 e. The van der Waals surface area contributed by atoms with Crippen LogP contribution in [0.1, 0.15) is 96.8 Å². The summed E-state index contributed by atoms with van der Waals surface area (Å²) in [6.45, 7) is 3.43. The first-order valence-electron chi connectivity index (χ1n) is 11.2. The predicted octanol–water partition coefficient (Wildman–Crippen LogP) is 7.44. The van der Waals surface area contributed by atoms with Crippen molar-refractivity contribution < 1.29 is 5.11 Å². The van der Waals surface area contributed by atoms with Gasteiger partial charge in [-0.15, -0.1) is 0 Å². The molecule has 2 nitrogen and oxygen atoms in total. The Morgan fingerprint density at radius 1 is 0.692 bits per heavy atom. The summed E-state index contributed by atoms with van der Waals surface area (Å²) in [6, 6.07) is 7.69. The highest BCUT2D eigenvalue weighted by Crippen LogP contribution is 2.24. The van der Waals surface area contributed by atoms with Gasteiger partial charge in [-0.3, -0.25) is 4.48 Å². The van der Waals surface area contributed by atoms with Crippen molar-refractivity contribution in [3.8, 4) is 5.75 Å². The molecule has 0 radical (unpaired) electrons. The average Bonchev–Trinajstić information content (AvgIpc) is 2.62. The molecule has 0 unspecified atom stereocenters. The summed E-state index contributed by atoms with van der Waals surface area (Å²) in [5.41, 5.74) is 1.19. The molecule has 0 aromatic heterocycles. The summed E-state index contributed by atoms with van der Waals surface area (Å²) in [7, 11) is 4.47. The van der Waals surface area contributed by atoms with Crippen LogP contribution in [0.5, 0.6) is 5.75 Å². The van der Waals surface area contributed by atoms with E-state index >= 15 is 0 Å². The van der Waals surface area contributed by atoms with Crippen molar-refractivity contribution in [3.05, 3.63) is 24.3 Å². The van der Waals surface area contributed by atoms with Crippen molar-refractivity contribution in [1.82, 2.24) is 4.48 Å². The summed E-state index contributed by atoms with van der Waals surface area (Å²) < 4.78 is 0.854. The molecule has 0 aliphatic carbocycles. The molecule has 1 aromatic rings. The number of hydrogen-bond donors (Lipinski definition) is 1. The topological polar surface area (TPSA) is 20.2 Å². The molecule has 0 aliphatic heterocycles. The highest BCUT2D eigenvalue weighted by molar-refractivity contribution is 5.46. The van der Waals surface area contributed by atoms with Crippen LogP contribution in [-0.4, -0.2) is 25.7 Å². The Kier molecular flexibility index (Phi) is 12.5. The van der Waals surface area contributed by atoms with Gasteiger partial charge in [-0.2, -0.15) is 0 Å². The zero-order valence-electron chi connectivity index (χ0n) is 17.8. The maximum atomic E-state index is 9.66. The smallest absolute Gasteiger partial charge is 0.136 e. The maximum absolute atomic E-state index is 9.66. The van der Waals surface area contributed by atoms with Crippen molar-refractivity contribution >= 4 is 5.69 Å². The van der Waals surface area contributed by atoms with Gasteiger partial charge in [-0.05, 0) is 25.0 Å². The van der Waals surface area contributed by atoms with Gasteiger partial charge in [-0.25, -0.2) is 0 Å². The van der Waals surface area contributed by atoms with Crippen molar-refractivity contribution in [2.24, 2.45) is 0 Å². The lowest BCUT2D eigenvalue weighted by atomic mass is 10.0. The molecule has 0 aliphatic rings. The Hall–Kier alpha value is -1.02. The van der Waals surface area contributed by atoms with Crippen molar-refractivity contribution in [2.75, 3.05) is 20.6 Å². The van der Waals surface area contributed by atoms with Crippen LogP contribution in [-0.2, 0) is 0 Å². The SMILES string of the molecule is CCCCCCCCCCCCCCCC[N+](C)(C)c1cccc(O)c1. The van der Waals surface area contributed by atoms with E-state index in [2.05, 4.69) is 27.1 Å². The number of phenols is 1. The molecule has 0 spiro atoms. The van der Waals surface area contributed by atoms with Gasteiger partial charge in [0.2, 0.25) is 0 Å². The monoisotopic (exact) mass is 362 g/mol. The average molecular weight is 363 g/mol. The van der Waals surface area contributed by atoms with Gasteiger partial charge >= 0.3 is 0 Å². The number of rotatable bonds is 16. The second kappa shape index (κ2) is 14.1. The van der Waals surface area contributed by atoms with Crippen molar-refractivity contribution in [3.63, 3.8) is 0 Å². The molecule has 2 heteroatoms. The van der Waals surface area contributed by atoms with Crippen LogP contribution in [0.15, 0.2) is 24.3 Å². The molecule has 0 atom stereocenters. The fourth-order valence-corrected chi connectivity index (χ4v) is 3.70. The fourth-order valence-electron chi connectivity index (χ4n) is 3.70. The lowest BCUT2D eigenvalue weighted by molar-refractivity contribution is 0.378. The van der Waals surface area contributed by atoms with Crippen LogP contribution in [0.3, 0.4) is 0 Å². The standard InChI is InChI=1S/C24H43NO/c1-4-5-6-7-8-9-10-11-12-13-14-15-16-17-21-25(2,3)23-19-18-20-24(26)22-23/h18-20,22H,4-17,21H2,1-3H3/p+1. The highest BCUT2D eigenvalue weighted by Gasteiger charge is 2.18. The van der Waals surface area contributed by atoms with E-state index < -0.39 is 0 Å². The van der Waals surface area contributed by atoms with Gasteiger partial charge < -0.3 is 5.11 Å². The molecule has 1 rings (SSSR count). The first kappa shape index (κ1) is 23.0. The van der Waals surface area contributed by atoms with E-state index in [1.165, 1.54) is 95.6 Å². The zero-order valence-corrected chi connectivity index (χ0v) is 17.8. The van der Waals surface area contributed by atoms with Crippen LogP contribution in [0, 0.1) is 0 Å². The van der Waals surface area contributed by atoms with E-state index in [-0.39, 0.29) is 0 Å². The molecule has 1 N–H and O–H groups in total. The summed E-state index contributed by atoms with van der Waals surface area (Å²) >= 11 is 0. The number of phenolic OH excluding ortho intramolecular Hbond substituents is 1. The Morgan fingerprint density at radius 3 is 1.62 bits per heavy atom. The van der Waals surface area contributed by atoms with Crippen LogP contribution >= 0.6 is 0 Å². The molecule has 26 heavy (non-hydrogen) atoms. The first-order valence-corrected chi connectivity index (χ1v) is 11.2. The molecule has 1 aromatic carbocycles. The summed E-state index contributed by atoms with van der Waals surface area (Å²) in [5, 5.41) is 9.66. The summed E-state index contributed by atoms with van der Waals surface area (Å²) in [6.07, 6.45) is 19.7. The number of nitrogens with zero attached hydrogens (tertiary/aromatic N) is 1. The second-order valence-corrected chi connectivity index (χ2v) is 8.52. The molecule has 0 saturated carbocycles.